The van der Waals surface area contributed by atoms with E-state index in [-0.39, 0.29) is 24.0 Å². The van der Waals surface area contributed by atoms with Crippen molar-refractivity contribution < 1.29 is 24.2 Å². The van der Waals surface area contributed by atoms with Gasteiger partial charge in [0.25, 0.3) is 0 Å². The van der Waals surface area contributed by atoms with E-state index in [1.807, 2.05) is 35.2 Å². The van der Waals surface area contributed by atoms with Crippen LogP contribution in [0.25, 0.3) is 0 Å². The molecule has 0 spiro atoms. The maximum atomic E-state index is 13.1. The monoisotopic (exact) mass is 540 g/mol. The van der Waals surface area contributed by atoms with Gasteiger partial charge in [-0.25, -0.2) is 4.79 Å². The number of rotatable bonds is 14. The number of anilines is 1. The first kappa shape index (κ1) is 27.4. The molecular formula is C33H36N2O5. The van der Waals surface area contributed by atoms with Crippen LogP contribution in [0.4, 0.5) is 5.69 Å². The van der Waals surface area contributed by atoms with Gasteiger partial charge in [0.1, 0.15) is 18.4 Å². The third-order valence-corrected chi connectivity index (χ3v) is 7.77. The molecule has 0 aliphatic heterocycles. The summed E-state index contributed by atoms with van der Waals surface area (Å²) in [5.74, 6) is 0.620. The van der Waals surface area contributed by atoms with Gasteiger partial charge in [-0.05, 0) is 61.4 Å². The van der Waals surface area contributed by atoms with E-state index < -0.39 is 12.0 Å². The van der Waals surface area contributed by atoms with Gasteiger partial charge in [0.2, 0.25) is 5.91 Å². The molecule has 2 N–H and O–H groups in total. The van der Waals surface area contributed by atoms with Crippen LogP contribution in [0.2, 0.25) is 0 Å². The van der Waals surface area contributed by atoms with Gasteiger partial charge in [-0.3, -0.25) is 9.59 Å². The zero-order valence-corrected chi connectivity index (χ0v) is 22.6. The number of amides is 1. The van der Waals surface area contributed by atoms with Gasteiger partial charge in [-0.1, -0.05) is 61.0 Å². The molecule has 40 heavy (non-hydrogen) atoms. The number of carboxylic acids is 1. The molecule has 3 aromatic rings. The summed E-state index contributed by atoms with van der Waals surface area (Å²) in [6.45, 7) is 1.84. The van der Waals surface area contributed by atoms with E-state index in [0.717, 1.165) is 31.4 Å². The summed E-state index contributed by atoms with van der Waals surface area (Å²) in [6.07, 6.45) is 5.80. The highest BCUT2D eigenvalue weighted by atomic mass is 16.5. The Hall–Kier alpha value is -4.13. The van der Waals surface area contributed by atoms with Crippen LogP contribution in [0.3, 0.4) is 0 Å². The van der Waals surface area contributed by atoms with Crippen molar-refractivity contribution in [2.45, 2.75) is 44.6 Å². The first-order chi connectivity index (χ1) is 19.5. The molecule has 2 aliphatic carbocycles. The number of hydrogen-bond acceptors (Lipinski definition) is 5. The van der Waals surface area contributed by atoms with E-state index in [0.29, 0.717) is 41.6 Å². The molecule has 208 valence electrons. The number of nitrogens with one attached hydrogen (secondary N) is 1. The van der Waals surface area contributed by atoms with Crippen molar-refractivity contribution in [3.8, 4) is 5.75 Å². The average Bonchev–Trinajstić information content (AvgIpc) is 3.76. The lowest BCUT2D eigenvalue weighted by Crippen LogP contribution is -2.42. The number of ketones is 1. The van der Waals surface area contributed by atoms with Crippen molar-refractivity contribution in [3.63, 3.8) is 0 Å². The first-order valence-electron chi connectivity index (χ1n) is 14.2. The molecule has 5 rings (SSSR count). The quantitative estimate of drug-likeness (QED) is 0.264. The molecule has 0 bridgehead atoms. The Morgan fingerprint density at radius 3 is 2.25 bits per heavy atom. The number of carboxylic acid groups (broad SMARTS) is 1. The predicted molar refractivity (Wildman–Crippen MR) is 154 cm³/mol. The number of nitrogens with zero attached hydrogens (tertiary/aromatic N) is 1. The maximum absolute atomic E-state index is 13.1. The Morgan fingerprint density at radius 2 is 1.60 bits per heavy atom. The average molecular weight is 541 g/mol. The van der Waals surface area contributed by atoms with Crippen LogP contribution >= 0.6 is 0 Å². The molecule has 0 saturated heterocycles. The number of carbonyl (C=O) groups is 3. The topological polar surface area (TPSA) is 95.9 Å². The number of hydrogen-bond donors (Lipinski definition) is 2. The molecule has 0 aromatic heterocycles. The molecule has 7 nitrogen and oxygen atoms in total. The number of ether oxygens (including phenoxy) is 1. The first-order valence-corrected chi connectivity index (χ1v) is 14.2. The van der Waals surface area contributed by atoms with E-state index in [1.54, 1.807) is 48.5 Å². The van der Waals surface area contributed by atoms with Crippen molar-refractivity contribution >= 4 is 23.3 Å². The van der Waals surface area contributed by atoms with Crippen molar-refractivity contribution in [3.05, 3.63) is 95.6 Å². The highest BCUT2D eigenvalue weighted by Gasteiger charge is 2.33. The number of carbonyl (C=O) groups excluding carboxylic acids is 2. The summed E-state index contributed by atoms with van der Waals surface area (Å²) in [6, 6.07) is 22.4. The Bertz CT molecular complexity index is 1320. The Labute approximate surface area is 235 Å². The number of aliphatic carboxylic acids is 1. The van der Waals surface area contributed by atoms with Crippen LogP contribution in [0, 0.1) is 11.8 Å². The lowest BCUT2D eigenvalue weighted by Gasteiger charge is -2.31. The second kappa shape index (κ2) is 12.8. The lowest BCUT2D eigenvalue weighted by atomic mass is 9.84. The van der Waals surface area contributed by atoms with Crippen LogP contribution in [0.15, 0.2) is 78.9 Å². The zero-order valence-electron chi connectivity index (χ0n) is 22.6. The molecule has 0 radical (unpaired) electrons. The summed E-state index contributed by atoms with van der Waals surface area (Å²) in [5.41, 5.74) is 2.28. The van der Waals surface area contributed by atoms with Crippen LogP contribution in [0.1, 0.15) is 53.6 Å². The van der Waals surface area contributed by atoms with Crippen molar-refractivity contribution in [2.24, 2.45) is 11.8 Å². The van der Waals surface area contributed by atoms with Gasteiger partial charge in [0, 0.05) is 35.7 Å². The highest BCUT2D eigenvalue weighted by Crippen LogP contribution is 2.33. The lowest BCUT2D eigenvalue weighted by molar-refractivity contribution is -0.139. The van der Waals surface area contributed by atoms with E-state index in [4.69, 9.17) is 4.74 Å². The fourth-order valence-electron chi connectivity index (χ4n) is 4.99. The second-order valence-electron chi connectivity index (χ2n) is 10.8. The van der Waals surface area contributed by atoms with E-state index in [9.17, 15) is 19.5 Å². The molecule has 0 heterocycles. The van der Waals surface area contributed by atoms with Gasteiger partial charge < -0.3 is 20.1 Å². The second-order valence-corrected chi connectivity index (χ2v) is 10.8. The zero-order chi connectivity index (χ0) is 27.9. The number of benzene rings is 3. The van der Waals surface area contributed by atoms with Crippen LogP contribution in [-0.2, 0) is 16.0 Å². The minimum Gasteiger partial charge on any atom is -0.492 e. The van der Waals surface area contributed by atoms with Gasteiger partial charge in [-0.15, -0.1) is 0 Å². The summed E-state index contributed by atoms with van der Waals surface area (Å²) < 4.78 is 5.94. The molecule has 3 aromatic carbocycles. The summed E-state index contributed by atoms with van der Waals surface area (Å²) in [5, 5.41) is 13.0. The SMILES string of the molecule is O=C(c1ccccc1)c1ccccc1N[C@@H](Cc1ccc(OCCN(CC2CC2)C(=O)C2CCC2)cc1)C(=O)O. The van der Waals surface area contributed by atoms with Crippen molar-refractivity contribution in [1.29, 1.82) is 0 Å². The van der Waals surface area contributed by atoms with Crippen molar-refractivity contribution in [2.75, 3.05) is 25.0 Å². The summed E-state index contributed by atoms with van der Waals surface area (Å²) in [7, 11) is 0. The van der Waals surface area contributed by atoms with Crippen LogP contribution < -0.4 is 10.1 Å². The molecular weight excluding hydrogens is 504 g/mol. The van der Waals surface area contributed by atoms with Crippen LogP contribution in [-0.4, -0.2) is 53.4 Å². The standard InChI is InChI=1S/C33H36N2O5/c36-31(25-7-2-1-3-8-25)28-11-4-5-12-29(28)34-30(33(38)39)21-23-15-17-27(18-16-23)40-20-19-35(22-24-13-14-24)32(37)26-9-6-10-26/h1-5,7-8,11-12,15-18,24,26,30,34H,6,9-10,13-14,19-22H2,(H,38,39)/t30-/m0/s1. The number of para-hydroxylation sites is 1. The fraction of sp³-hybridized carbons (Fsp3) is 0.364. The molecule has 1 atom stereocenters. The third kappa shape index (κ3) is 7.08. The fourth-order valence-corrected chi connectivity index (χ4v) is 4.99. The van der Waals surface area contributed by atoms with Gasteiger partial charge in [-0.2, -0.15) is 0 Å². The molecule has 2 fully saturated rings. The van der Waals surface area contributed by atoms with Gasteiger partial charge in [0.15, 0.2) is 5.78 Å². The molecule has 2 aliphatic rings. The Morgan fingerprint density at radius 1 is 0.900 bits per heavy atom. The third-order valence-electron chi connectivity index (χ3n) is 7.77. The van der Waals surface area contributed by atoms with E-state index >= 15 is 0 Å². The molecule has 0 unspecified atom stereocenters. The van der Waals surface area contributed by atoms with Gasteiger partial charge in [0.05, 0.1) is 6.54 Å². The van der Waals surface area contributed by atoms with Crippen LogP contribution in [0.5, 0.6) is 5.75 Å². The normalized spacial score (nSPS) is 15.5. The van der Waals surface area contributed by atoms with E-state index in [2.05, 4.69) is 5.32 Å². The minimum absolute atomic E-state index is 0.167. The smallest absolute Gasteiger partial charge is 0.326 e. The predicted octanol–water partition coefficient (Wildman–Crippen LogP) is 5.44. The highest BCUT2D eigenvalue weighted by molar-refractivity contribution is 6.12. The maximum Gasteiger partial charge on any atom is 0.326 e. The Balaban J connectivity index is 1.17. The van der Waals surface area contributed by atoms with Crippen molar-refractivity contribution in [1.82, 2.24) is 4.90 Å². The summed E-state index contributed by atoms with van der Waals surface area (Å²) in [4.78, 5) is 40.0. The summed E-state index contributed by atoms with van der Waals surface area (Å²) >= 11 is 0. The van der Waals surface area contributed by atoms with E-state index in [1.165, 1.54) is 12.8 Å². The Kier molecular flexibility index (Phi) is 8.79. The minimum atomic E-state index is -1.01. The largest absolute Gasteiger partial charge is 0.492 e. The van der Waals surface area contributed by atoms with Gasteiger partial charge >= 0.3 is 5.97 Å². The molecule has 2 saturated carbocycles. The molecule has 7 heteroatoms. The molecule has 1 amide bonds.